The van der Waals surface area contributed by atoms with Crippen molar-refractivity contribution in [3.05, 3.63) is 0 Å². The Balaban J connectivity index is 4.07. The van der Waals surface area contributed by atoms with Crippen molar-refractivity contribution >= 4 is 17.9 Å². The van der Waals surface area contributed by atoms with Crippen molar-refractivity contribution in [3.63, 3.8) is 0 Å². The fraction of sp³-hybridized carbons (Fsp3) is 0.948. The van der Waals surface area contributed by atoms with E-state index in [1.54, 1.807) is 0 Å². The summed E-state index contributed by atoms with van der Waals surface area (Å²) in [6.45, 7) is 6.65. The van der Waals surface area contributed by atoms with Gasteiger partial charge in [0.1, 0.15) is 13.2 Å². The Morgan fingerprint density at radius 3 is 0.625 bits per heavy atom. The summed E-state index contributed by atoms with van der Waals surface area (Å²) in [5.74, 6) is -0.846. The lowest BCUT2D eigenvalue weighted by molar-refractivity contribution is -0.167. The fourth-order valence-electron chi connectivity index (χ4n) is 8.98. The third-order valence-corrected chi connectivity index (χ3v) is 13.4. The van der Waals surface area contributed by atoms with E-state index in [-0.39, 0.29) is 31.1 Å². The van der Waals surface area contributed by atoms with E-state index in [1.807, 2.05) is 0 Å². The van der Waals surface area contributed by atoms with Crippen molar-refractivity contribution in [3.8, 4) is 0 Å². The Kier molecular flexibility index (Phi) is 52.7. The molecule has 0 heterocycles. The van der Waals surface area contributed by atoms with E-state index >= 15 is 0 Å². The zero-order valence-electron chi connectivity index (χ0n) is 43.6. The van der Waals surface area contributed by atoms with Gasteiger partial charge in [-0.15, -0.1) is 0 Å². The van der Waals surface area contributed by atoms with Crippen molar-refractivity contribution in [2.75, 3.05) is 13.2 Å². The molecule has 0 radical (unpaired) electrons. The van der Waals surface area contributed by atoms with Crippen LogP contribution in [0.25, 0.3) is 0 Å². The predicted octanol–water partition coefficient (Wildman–Crippen LogP) is 19.2. The Hall–Kier alpha value is -1.59. The Morgan fingerprint density at radius 2 is 0.422 bits per heavy atom. The maximum absolute atomic E-state index is 12.8. The summed E-state index contributed by atoms with van der Waals surface area (Å²) in [7, 11) is 0. The molecular formula is C58H112O6. The van der Waals surface area contributed by atoms with Crippen molar-refractivity contribution in [1.82, 2.24) is 0 Å². The van der Waals surface area contributed by atoms with Crippen molar-refractivity contribution in [1.29, 1.82) is 0 Å². The molecule has 0 aliphatic carbocycles. The molecule has 0 saturated carbocycles. The Labute approximate surface area is 399 Å². The van der Waals surface area contributed by atoms with Crippen LogP contribution in [0.2, 0.25) is 0 Å². The lowest BCUT2D eigenvalue weighted by Crippen LogP contribution is -2.30. The van der Waals surface area contributed by atoms with Gasteiger partial charge in [-0.1, -0.05) is 297 Å². The molecule has 0 saturated heterocycles. The highest BCUT2D eigenvalue weighted by Gasteiger charge is 2.19. The molecule has 64 heavy (non-hydrogen) atoms. The quantitative estimate of drug-likeness (QED) is 0.0344. The van der Waals surface area contributed by atoms with Gasteiger partial charge in [-0.25, -0.2) is 0 Å². The van der Waals surface area contributed by atoms with Gasteiger partial charge in [0.2, 0.25) is 0 Å². The lowest BCUT2D eigenvalue weighted by Gasteiger charge is -2.18. The minimum atomic E-state index is -0.759. The van der Waals surface area contributed by atoms with Gasteiger partial charge in [-0.2, -0.15) is 0 Å². The summed E-state index contributed by atoms with van der Waals surface area (Å²) in [6, 6.07) is 0. The van der Waals surface area contributed by atoms with Gasteiger partial charge in [0, 0.05) is 19.3 Å². The molecular weight excluding hydrogens is 793 g/mol. The molecule has 0 aliphatic rings. The minimum absolute atomic E-state index is 0.0622. The normalized spacial score (nSPS) is 11.9. The van der Waals surface area contributed by atoms with Gasteiger partial charge in [-0.05, 0) is 19.3 Å². The van der Waals surface area contributed by atoms with E-state index in [9.17, 15) is 14.4 Å². The average molecular weight is 906 g/mol. The van der Waals surface area contributed by atoms with Crippen LogP contribution in [-0.2, 0) is 28.6 Å². The number of unbranched alkanes of at least 4 members (excludes halogenated alkanes) is 43. The van der Waals surface area contributed by atoms with Crippen molar-refractivity contribution in [2.24, 2.45) is 0 Å². The number of rotatable bonds is 54. The third kappa shape index (κ3) is 51.4. The fourth-order valence-corrected chi connectivity index (χ4v) is 8.98. The van der Waals surface area contributed by atoms with Crippen LogP contribution >= 0.6 is 0 Å². The van der Waals surface area contributed by atoms with Gasteiger partial charge < -0.3 is 14.2 Å². The number of ether oxygens (including phenoxy) is 3. The molecule has 0 fully saturated rings. The second-order valence-corrected chi connectivity index (χ2v) is 19.9. The number of carbonyl (C=O) groups excluding carboxylic acids is 3. The van der Waals surface area contributed by atoms with Crippen LogP contribution < -0.4 is 0 Å². The van der Waals surface area contributed by atoms with Gasteiger partial charge >= 0.3 is 17.9 Å². The smallest absolute Gasteiger partial charge is 0.306 e. The summed E-state index contributed by atoms with van der Waals surface area (Å²) >= 11 is 0. The van der Waals surface area contributed by atoms with Crippen LogP contribution in [-0.4, -0.2) is 37.2 Å². The predicted molar refractivity (Wildman–Crippen MR) is 275 cm³/mol. The zero-order chi connectivity index (χ0) is 46.5. The van der Waals surface area contributed by atoms with Gasteiger partial charge in [0.05, 0.1) is 0 Å². The average Bonchev–Trinajstić information content (AvgIpc) is 3.29. The van der Waals surface area contributed by atoms with Crippen LogP contribution in [0.1, 0.15) is 335 Å². The number of hydrogen-bond donors (Lipinski definition) is 0. The minimum Gasteiger partial charge on any atom is -0.462 e. The lowest BCUT2D eigenvalue weighted by atomic mass is 10.0. The summed E-state index contributed by atoms with van der Waals surface area (Å²) in [5, 5.41) is 0. The number of esters is 3. The summed E-state index contributed by atoms with van der Waals surface area (Å²) in [5.41, 5.74) is 0. The molecule has 1 unspecified atom stereocenters. The topological polar surface area (TPSA) is 78.9 Å². The van der Waals surface area contributed by atoms with E-state index < -0.39 is 6.10 Å². The van der Waals surface area contributed by atoms with Gasteiger partial charge in [0.15, 0.2) is 6.10 Å². The van der Waals surface area contributed by atoms with Crippen molar-refractivity contribution in [2.45, 2.75) is 341 Å². The van der Waals surface area contributed by atoms with E-state index in [1.165, 1.54) is 238 Å². The number of hydrogen-bond acceptors (Lipinski definition) is 6. The van der Waals surface area contributed by atoms with E-state index in [2.05, 4.69) is 20.8 Å². The molecule has 0 rings (SSSR count). The van der Waals surface area contributed by atoms with Crippen LogP contribution in [0.3, 0.4) is 0 Å². The standard InChI is InChI=1S/C58H112O6/c1-4-7-10-13-16-18-20-22-24-26-28-30-32-34-36-38-40-42-45-48-51-57(60)63-54-55(53-62-56(59)50-47-44-15-12-9-6-3)64-58(61)52-49-46-43-41-39-37-35-33-31-29-27-25-23-21-19-17-14-11-8-5-2/h55H,4-54H2,1-3H3. The molecule has 0 aromatic rings. The second kappa shape index (κ2) is 54.0. The van der Waals surface area contributed by atoms with E-state index in [4.69, 9.17) is 14.2 Å². The maximum Gasteiger partial charge on any atom is 0.306 e. The van der Waals surface area contributed by atoms with Gasteiger partial charge in [-0.3, -0.25) is 14.4 Å². The monoisotopic (exact) mass is 905 g/mol. The molecule has 0 N–H and O–H groups in total. The summed E-state index contributed by atoms with van der Waals surface area (Å²) < 4.78 is 16.8. The highest BCUT2D eigenvalue weighted by atomic mass is 16.6. The Morgan fingerprint density at radius 1 is 0.250 bits per heavy atom. The van der Waals surface area contributed by atoms with E-state index in [0.717, 1.165) is 57.8 Å². The van der Waals surface area contributed by atoms with Gasteiger partial charge in [0.25, 0.3) is 0 Å². The first-order chi connectivity index (χ1) is 31.5. The first-order valence-electron chi connectivity index (χ1n) is 29.0. The number of carbonyl (C=O) groups is 3. The molecule has 0 spiro atoms. The van der Waals surface area contributed by atoms with Crippen LogP contribution in [0.5, 0.6) is 0 Å². The SMILES string of the molecule is CCCCCCCCCCCCCCCCCCCCCCC(=O)OCC(COC(=O)CCCCCCCC)OC(=O)CCCCCCCCCCCCCCCCCCCCCC. The molecule has 6 heteroatoms. The molecule has 0 aromatic heterocycles. The third-order valence-electron chi connectivity index (χ3n) is 13.4. The van der Waals surface area contributed by atoms with Crippen molar-refractivity contribution < 1.29 is 28.6 Å². The first-order valence-corrected chi connectivity index (χ1v) is 29.0. The maximum atomic E-state index is 12.8. The molecule has 0 bridgehead atoms. The molecule has 0 aromatic carbocycles. The largest absolute Gasteiger partial charge is 0.462 e. The van der Waals surface area contributed by atoms with Crippen LogP contribution in [0.4, 0.5) is 0 Å². The summed E-state index contributed by atoms with van der Waals surface area (Å²) in [4.78, 5) is 37.9. The van der Waals surface area contributed by atoms with E-state index in [0.29, 0.717) is 19.3 Å². The highest BCUT2D eigenvalue weighted by Crippen LogP contribution is 2.18. The molecule has 1 atom stereocenters. The Bertz CT molecular complexity index is 951. The molecule has 0 amide bonds. The highest BCUT2D eigenvalue weighted by molar-refractivity contribution is 5.71. The van der Waals surface area contributed by atoms with Crippen LogP contribution in [0, 0.1) is 0 Å². The molecule has 6 nitrogen and oxygen atoms in total. The van der Waals surface area contributed by atoms with Crippen LogP contribution in [0.15, 0.2) is 0 Å². The molecule has 380 valence electrons. The summed E-state index contributed by atoms with van der Waals surface area (Å²) in [6.07, 6.45) is 59.9. The zero-order valence-corrected chi connectivity index (χ0v) is 43.6. The first kappa shape index (κ1) is 62.4. The second-order valence-electron chi connectivity index (χ2n) is 19.9. The molecule has 0 aliphatic heterocycles.